The van der Waals surface area contributed by atoms with Crippen LogP contribution in [0.15, 0.2) is 18.2 Å². The van der Waals surface area contributed by atoms with Crippen molar-refractivity contribution in [2.75, 3.05) is 0 Å². The van der Waals surface area contributed by atoms with Gasteiger partial charge in [0.15, 0.2) is 5.69 Å². The summed E-state index contributed by atoms with van der Waals surface area (Å²) in [7, 11) is 0. The molecule has 0 radical (unpaired) electrons. The number of rotatable bonds is 2. The number of fused-ring (bicyclic) bond motifs is 1. The predicted octanol–water partition coefficient (Wildman–Crippen LogP) is 3.19. The fourth-order valence-electron chi connectivity index (χ4n) is 2.51. The molecule has 2 atom stereocenters. The quantitative estimate of drug-likeness (QED) is 0.866. The molecule has 0 aliphatic heterocycles. The van der Waals surface area contributed by atoms with Crippen LogP contribution in [0, 0.1) is 19.3 Å². The van der Waals surface area contributed by atoms with E-state index in [1.807, 2.05) is 0 Å². The second-order valence-electron chi connectivity index (χ2n) is 5.01. The van der Waals surface area contributed by atoms with Crippen LogP contribution in [-0.2, 0) is 6.42 Å². The normalized spacial score (nSPS) is 19.6. The maximum absolute atomic E-state index is 13.7. The summed E-state index contributed by atoms with van der Waals surface area (Å²) in [5.41, 5.74) is 1.28. The van der Waals surface area contributed by atoms with Gasteiger partial charge in [-0.1, -0.05) is 0 Å². The van der Waals surface area contributed by atoms with Crippen molar-refractivity contribution in [3.05, 3.63) is 52.3 Å². The molecule has 5 nitrogen and oxygen atoms in total. The molecule has 2 aromatic rings. The zero-order valence-electron chi connectivity index (χ0n) is 11.5. The van der Waals surface area contributed by atoms with Crippen LogP contribution in [0.4, 0.5) is 14.5 Å². The molecule has 3 rings (SSSR count). The molecule has 1 heterocycles. The third-order valence-electron chi connectivity index (χ3n) is 3.50. The summed E-state index contributed by atoms with van der Waals surface area (Å²) in [6.07, 6.45) is -2.76. The van der Waals surface area contributed by atoms with E-state index in [4.69, 9.17) is 11.3 Å². The number of aryl methyl sites for hydroxylation is 1. The van der Waals surface area contributed by atoms with Crippen molar-refractivity contribution in [2.24, 2.45) is 0 Å². The summed E-state index contributed by atoms with van der Waals surface area (Å²) in [5, 5.41) is 17.5. The van der Waals surface area contributed by atoms with Crippen LogP contribution in [0.3, 0.4) is 0 Å². The number of hydrogen-bond acceptors (Lipinski definition) is 4. The van der Waals surface area contributed by atoms with E-state index in [0.717, 1.165) is 12.1 Å². The third-order valence-corrected chi connectivity index (χ3v) is 3.50. The number of benzene rings is 1. The van der Waals surface area contributed by atoms with Crippen molar-refractivity contribution in [3.8, 4) is 11.6 Å². The topological polar surface area (TPSA) is 59.6 Å². The van der Waals surface area contributed by atoms with Gasteiger partial charge in [-0.2, -0.15) is 5.10 Å². The first-order valence-electron chi connectivity index (χ1n) is 6.53. The van der Waals surface area contributed by atoms with Gasteiger partial charge in [0.05, 0.1) is 12.3 Å². The molecule has 0 saturated carbocycles. The van der Waals surface area contributed by atoms with E-state index in [0.29, 0.717) is 16.8 Å². The molecule has 1 aliphatic rings. The SMILES string of the molecule is [C-]#[N+]c1cc(F)cc(Oc2nnc(C)c3c2C[C@@H](F)[C@H]3O)c1. The van der Waals surface area contributed by atoms with Gasteiger partial charge >= 0.3 is 0 Å². The molecule has 0 unspecified atom stereocenters. The highest BCUT2D eigenvalue weighted by Gasteiger charge is 2.36. The lowest BCUT2D eigenvalue weighted by atomic mass is 10.1. The Kier molecular flexibility index (Phi) is 3.47. The minimum absolute atomic E-state index is 0.0151. The van der Waals surface area contributed by atoms with Crippen LogP contribution in [-0.4, -0.2) is 21.5 Å². The predicted molar refractivity (Wildman–Crippen MR) is 73.1 cm³/mol. The number of aliphatic hydroxyl groups excluding tert-OH is 1. The molecule has 0 bridgehead atoms. The second kappa shape index (κ2) is 5.31. The summed E-state index contributed by atoms with van der Waals surface area (Å²) in [5.74, 6) is -0.534. The minimum atomic E-state index is -1.45. The number of halogens is 2. The Bertz CT molecular complexity index is 789. The molecule has 0 spiro atoms. The van der Waals surface area contributed by atoms with Crippen LogP contribution in [0.2, 0.25) is 0 Å². The van der Waals surface area contributed by atoms with Crippen LogP contribution in [0.5, 0.6) is 11.6 Å². The van der Waals surface area contributed by atoms with Gasteiger partial charge in [0.25, 0.3) is 0 Å². The van der Waals surface area contributed by atoms with Gasteiger partial charge in [-0.25, -0.2) is 13.6 Å². The molecule has 0 saturated heterocycles. The Hall–Kier alpha value is -2.59. The lowest BCUT2D eigenvalue weighted by molar-refractivity contribution is 0.0919. The Morgan fingerprint density at radius 1 is 1.36 bits per heavy atom. The van der Waals surface area contributed by atoms with Crippen molar-refractivity contribution < 1.29 is 18.6 Å². The Labute approximate surface area is 125 Å². The van der Waals surface area contributed by atoms with Gasteiger partial charge in [-0.15, -0.1) is 5.10 Å². The van der Waals surface area contributed by atoms with E-state index in [9.17, 15) is 13.9 Å². The first kappa shape index (κ1) is 14.4. The van der Waals surface area contributed by atoms with Gasteiger partial charge in [0.1, 0.15) is 23.8 Å². The number of aromatic nitrogens is 2. The average molecular weight is 303 g/mol. The van der Waals surface area contributed by atoms with Gasteiger partial charge in [-0.05, 0) is 19.1 Å². The molecule has 22 heavy (non-hydrogen) atoms. The molecule has 1 N–H and O–H groups in total. The lowest BCUT2D eigenvalue weighted by Gasteiger charge is -2.11. The van der Waals surface area contributed by atoms with Gasteiger partial charge in [-0.3, -0.25) is 0 Å². The Balaban J connectivity index is 2.02. The standard InChI is InChI=1S/C15H11F2N3O2/c1-7-13-11(6-12(17)14(13)21)15(20-19-7)22-10-4-8(16)3-9(5-10)18-2/h3-5,12,14,21H,6H2,1H3/t12-,14-/m1/s1. The molecule has 0 amide bonds. The van der Waals surface area contributed by atoms with Crippen LogP contribution in [0.25, 0.3) is 4.85 Å². The summed E-state index contributed by atoms with van der Waals surface area (Å²) in [6.45, 7) is 8.53. The Morgan fingerprint density at radius 2 is 2.14 bits per heavy atom. The Morgan fingerprint density at radius 3 is 2.86 bits per heavy atom. The minimum Gasteiger partial charge on any atom is -0.439 e. The monoisotopic (exact) mass is 303 g/mol. The number of aliphatic hydroxyl groups is 1. The second-order valence-corrected chi connectivity index (χ2v) is 5.01. The summed E-state index contributed by atoms with van der Waals surface area (Å²) in [6, 6.07) is 3.52. The molecule has 1 aliphatic carbocycles. The first-order valence-corrected chi connectivity index (χ1v) is 6.53. The lowest BCUT2D eigenvalue weighted by Crippen LogP contribution is -2.07. The molecule has 1 aromatic carbocycles. The molecular formula is C15H11F2N3O2. The average Bonchev–Trinajstić information content (AvgIpc) is 2.78. The van der Waals surface area contributed by atoms with E-state index in [-0.39, 0.29) is 23.7 Å². The highest BCUT2D eigenvalue weighted by Crippen LogP contribution is 2.40. The number of ether oxygens (including phenoxy) is 1. The van der Waals surface area contributed by atoms with Crippen molar-refractivity contribution in [3.63, 3.8) is 0 Å². The number of alkyl halides is 1. The molecule has 112 valence electrons. The fourth-order valence-corrected chi connectivity index (χ4v) is 2.51. The number of nitrogens with zero attached hydrogens (tertiary/aromatic N) is 3. The molecule has 1 aromatic heterocycles. The molecule has 7 heteroatoms. The van der Waals surface area contributed by atoms with Crippen molar-refractivity contribution in [2.45, 2.75) is 25.6 Å². The van der Waals surface area contributed by atoms with Gasteiger partial charge in [0, 0.05) is 23.6 Å². The maximum Gasteiger partial charge on any atom is 0.242 e. The van der Waals surface area contributed by atoms with Crippen molar-refractivity contribution >= 4 is 5.69 Å². The van der Waals surface area contributed by atoms with E-state index in [1.165, 1.54) is 6.07 Å². The van der Waals surface area contributed by atoms with E-state index in [1.54, 1.807) is 6.92 Å². The molecular weight excluding hydrogens is 292 g/mol. The van der Waals surface area contributed by atoms with E-state index >= 15 is 0 Å². The van der Waals surface area contributed by atoms with E-state index in [2.05, 4.69) is 15.0 Å². The van der Waals surface area contributed by atoms with E-state index < -0.39 is 18.1 Å². The fraction of sp³-hybridized carbons (Fsp3) is 0.267. The summed E-state index contributed by atoms with van der Waals surface area (Å²) < 4.78 is 32.6. The van der Waals surface area contributed by atoms with Crippen LogP contribution >= 0.6 is 0 Å². The molecule has 0 fully saturated rings. The smallest absolute Gasteiger partial charge is 0.242 e. The van der Waals surface area contributed by atoms with Crippen molar-refractivity contribution in [1.82, 2.24) is 10.2 Å². The third kappa shape index (κ3) is 2.38. The largest absolute Gasteiger partial charge is 0.439 e. The highest BCUT2D eigenvalue weighted by atomic mass is 19.1. The zero-order valence-corrected chi connectivity index (χ0v) is 11.5. The highest BCUT2D eigenvalue weighted by molar-refractivity contribution is 5.51. The van der Waals surface area contributed by atoms with Crippen LogP contribution < -0.4 is 4.74 Å². The van der Waals surface area contributed by atoms with Crippen molar-refractivity contribution in [1.29, 1.82) is 0 Å². The zero-order chi connectivity index (χ0) is 15.9. The van der Waals surface area contributed by atoms with Gasteiger partial charge < -0.3 is 9.84 Å². The number of hydrogen-bond donors (Lipinski definition) is 1. The summed E-state index contributed by atoms with van der Waals surface area (Å²) >= 11 is 0. The van der Waals surface area contributed by atoms with Crippen LogP contribution in [0.1, 0.15) is 22.9 Å². The van der Waals surface area contributed by atoms with Gasteiger partial charge in [0.2, 0.25) is 5.88 Å². The first-order chi connectivity index (χ1) is 10.5. The maximum atomic E-state index is 13.7. The summed E-state index contributed by atoms with van der Waals surface area (Å²) in [4.78, 5) is 3.14.